The van der Waals surface area contributed by atoms with Crippen LogP contribution < -0.4 is 15.2 Å². The van der Waals surface area contributed by atoms with Crippen LogP contribution in [0.2, 0.25) is 0 Å². The third kappa shape index (κ3) is 12.2. The molecule has 0 radical (unpaired) electrons. The summed E-state index contributed by atoms with van der Waals surface area (Å²) in [4.78, 5) is 48.9. The lowest BCUT2D eigenvalue weighted by atomic mass is 9.86. The molecule has 0 spiro atoms. The van der Waals surface area contributed by atoms with E-state index in [1.54, 1.807) is 13.0 Å². The van der Waals surface area contributed by atoms with Crippen LogP contribution in [0.25, 0.3) is 0 Å². The Balaban J connectivity index is 3.17. The summed E-state index contributed by atoms with van der Waals surface area (Å²) in [5.74, 6) is -2.48. The SMILES string of the molecule is CC(C)CC(=O)Oc1ccc(CC(N)(C[C@H](C)OC(=O)CC(C)(C)C)C(=O)O)cc1OC(=O)CC(C)C. The topological polar surface area (TPSA) is 142 Å². The van der Waals surface area contributed by atoms with Crippen molar-refractivity contribution in [1.29, 1.82) is 0 Å². The van der Waals surface area contributed by atoms with E-state index in [2.05, 4.69) is 0 Å². The second kappa shape index (κ2) is 13.6. The molecule has 0 saturated carbocycles. The zero-order valence-electron chi connectivity index (χ0n) is 23.4. The molecule has 0 aromatic heterocycles. The van der Waals surface area contributed by atoms with Gasteiger partial charge in [-0.3, -0.25) is 19.2 Å². The largest absolute Gasteiger partial charge is 0.480 e. The number of nitrogens with two attached hydrogens (primary N) is 1. The number of benzene rings is 1. The van der Waals surface area contributed by atoms with Crippen LogP contribution in [0.1, 0.15) is 86.6 Å². The zero-order valence-corrected chi connectivity index (χ0v) is 23.4. The van der Waals surface area contributed by atoms with Gasteiger partial charge in [0.2, 0.25) is 0 Å². The van der Waals surface area contributed by atoms with E-state index < -0.39 is 35.5 Å². The van der Waals surface area contributed by atoms with Crippen molar-refractivity contribution in [2.24, 2.45) is 23.0 Å². The number of carbonyl (C=O) groups excluding carboxylic acids is 3. The summed E-state index contributed by atoms with van der Waals surface area (Å²) in [7, 11) is 0. The molecule has 1 aromatic rings. The first-order chi connectivity index (χ1) is 16.9. The van der Waals surface area contributed by atoms with Crippen LogP contribution in [0.3, 0.4) is 0 Å². The van der Waals surface area contributed by atoms with E-state index in [1.165, 1.54) is 12.1 Å². The van der Waals surface area contributed by atoms with Crippen molar-refractivity contribution in [1.82, 2.24) is 0 Å². The quantitative estimate of drug-likeness (QED) is 0.279. The van der Waals surface area contributed by atoms with Gasteiger partial charge >= 0.3 is 23.9 Å². The summed E-state index contributed by atoms with van der Waals surface area (Å²) in [6.45, 7) is 14.8. The van der Waals surface area contributed by atoms with Crippen LogP contribution in [0.15, 0.2) is 18.2 Å². The van der Waals surface area contributed by atoms with Crippen molar-refractivity contribution in [3.8, 4) is 11.5 Å². The molecule has 37 heavy (non-hydrogen) atoms. The summed E-state index contributed by atoms with van der Waals surface area (Å²) < 4.78 is 16.3. The summed E-state index contributed by atoms with van der Waals surface area (Å²) in [6.07, 6.45) is -0.501. The highest BCUT2D eigenvalue weighted by atomic mass is 16.6. The number of rotatable bonds is 13. The van der Waals surface area contributed by atoms with E-state index in [1.807, 2.05) is 48.5 Å². The fourth-order valence-corrected chi connectivity index (χ4v) is 3.67. The second-order valence-electron chi connectivity index (χ2n) is 11.8. The van der Waals surface area contributed by atoms with Crippen LogP contribution in [0.4, 0.5) is 0 Å². The number of carboxylic acid groups (broad SMARTS) is 1. The van der Waals surface area contributed by atoms with Gasteiger partial charge in [0, 0.05) is 25.7 Å². The van der Waals surface area contributed by atoms with Crippen molar-refractivity contribution in [3.63, 3.8) is 0 Å². The van der Waals surface area contributed by atoms with Gasteiger partial charge in [-0.25, -0.2) is 0 Å². The van der Waals surface area contributed by atoms with Crippen LogP contribution in [0.5, 0.6) is 11.5 Å². The van der Waals surface area contributed by atoms with E-state index in [-0.39, 0.29) is 60.9 Å². The molecule has 0 aliphatic rings. The van der Waals surface area contributed by atoms with E-state index in [0.29, 0.717) is 5.56 Å². The third-order valence-electron chi connectivity index (χ3n) is 5.21. The monoisotopic (exact) mass is 521 g/mol. The van der Waals surface area contributed by atoms with Gasteiger partial charge in [0.15, 0.2) is 11.5 Å². The molecule has 1 unspecified atom stereocenters. The number of ether oxygens (including phenoxy) is 3. The Hall–Kier alpha value is -2.94. The minimum absolute atomic E-state index is 0.0117. The lowest BCUT2D eigenvalue weighted by Crippen LogP contribution is -2.52. The van der Waals surface area contributed by atoms with Crippen LogP contribution in [0, 0.1) is 17.3 Å². The molecule has 1 aromatic carbocycles. The van der Waals surface area contributed by atoms with Gasteiger partial charge in [0.25, 0.3) is 0 Å². The molecular formula is C28H43NO8. The van der Waals surface area contributed by atoms with Gasteiger partial charge < -0.3 is 25.1 Å². The van der Waals surface area contributed by atoms with Crippen LogP contribution >= 0.6 is 0 Å². The number of carboxylic acids is 1. The van der Waals surface area contributed by atoms with Crippen molar-refractivity contribution in [2.45, 2.75) is 99.1 Å². The third-order valence-corrected chi connectivity index (χ3v) is 5.21. The summed E-state index contributed by atoms with van der Waals surface area (Å²) in [6, 6.07) is 4.48. The van der Waals surface area contributed by atoms with Gasteiger partial charge in [-0.05, 0) is 41.9 Å². The minimum Gasteiger partial charge on any atom is -0.480 e. The first-order valence-corrected chi connectivity index (χ1v) is 12.7. The van der Waals surface area contributed by atoms with Crippen molar-refractivity contribution >= 4 is 23.9 Å². The van der Waals surface area contributed by atoms with Crippen molar-refractivity contribution in [2.75, 3.05) is 0 Å². The molecule has 9 nitrogen and oxygen atoms in total. The molecule has 0 amide bonds. The molecule has 9 heteroatoms. The normalized spacial score (nSPS) is 14.1. The van der Waals surface area contributed by atoms with E-state index in [4.69, 9.17) is 19.9 Å². The van der Waals surface area contributed by atoms with Crippen LogP contribution in [-0.2, 0) is 30.3 Å². The summed E-state index contributed by atoms with van der Waals surface area (Å²) >= 11 is 0. The fraction of sp³-hybridized carbons (Fsp3) is 0.643. The molecule has 3 N–H and O–H groups in total. The molecule has 0 bridgehead atoms. The number of esters is 3. The van der Waals surface area contributed by atoms with E-state index >= 15 is 0 Å². The summed E-state index contributed by atoms with van der Waals surface area (Å²) in [5.41, 5.74) is 4.70. The predicted molar refractivity (Wildman–Crippen MR) is 139 cm³/mol. The van der Waals surface area contributed by atoms with Gasteiger partial charge in [-0.1, -0.05) is 54.5 Å². The standard InChI is InChI=1S/C28H43NO8/c1-17(2)11-23(30)36-21-10-9-20(13-22(21)37-24(31)12-18(3)4)15-28(29,26(33)34)14-19(5)35-25(32)16-27(6,7)8/h9-10,13,17-19H,11-12,14-16,29H2,1-8H3,(H,33,34)/t19-,28?/m0/s1. The molecule has 0 aliphatic carbocycles. The minimum atomic E-state index is -1.77. The van der Waals surface area contributed by atoms with Crippen LogP contribution in [-0.4, -0.2) is 40.6 Å². The van der Waals surface area contributed by atoms with Gasteiger partial charge in [0.1, 0.15) is 11.6 Å². The average molecular weight is 522 g/mol. The number of hydrogen-bond acceptors (Lipinski definition) is 8. The maximum absolute atomic E-state index is 12.4. The predicted octanol–water partition coefficient (Wildman–Crippen LogP) is 4.67. The van der Waals surface area contributed by atoms with Gasteiger partial charge in [-0.2, -0.15) is 0 Å². The highest BCUT2D eigenvalue weighted by Gasteiger charge is 2.37. The van der Waals surface area contributed by atoms with Crippen molar-refractivity contribution in [3.05, 3.63) is 23.8 Å². The highest BCUT2D eigenvalue weighted by molar-refractivity contribution is 5.80. The van der Waals surface area contributed by atoms with Gasteiger partial charge in [-0.15, -0.1) is 0 Å². The van der Waals surface area contributed by atoms with Crippen molar-refractivity contribution < 1.29 is 38.5 Å². The Morgan fingerprint density at radius 2 is 1.38 bits per heavy atom. The first kappa shape index (κ1) is 32.1. The Kier molecular flexibility index (Phi) is 11.8. The molecule has 0 heterocycles. The first-order valence-electron chi connectivity index (χ1n) is 12.7. The van der Waals surface area contributed by atoms with E-state index in [0.717, 1.165) is 0 Å². The highest BCUT2D eigenvalue weighted by Crippen LogP contribution is 2.32. The smallest absolute Gasteiger partial charge is 0.324 e. The average Bonchev–Trinajstić information content (AvgIpc) is 2.66. The molecule has 0 fully saturated rings. The Morgan fingerprint density at radius 1 is 0.865 bits per heavy atom. The lowest BCUT2D eigenvalue weighted by Gasteiger charge is -2.28. The molecule has 0 saturated heterocycles. The molecule has 2 atom stereocenters. The lowest BCUT2D eigenvalue weighted by molar-refractivity contribution is -0.154. The number of carbonyl (C=O) groups is 4. The maximum atomic E-state index is 12.4. The summed E-state index contributed by atoms with van der Waals surface area (Å²) in [5, 5.41) is 9.91. The maximum Gasteiger partial charge on any atom is 0.324 e. The molecule has 1 rings (SSSR count). The zero-order chi connectivity index (χ0) is 28.6. The number of aliphatic carboxylic acids is 1. The van der Waals surface area contributed by atoms with E-state index in [9.17, 15) is 24.3 Å². The Labute approximate surface area is 220 Å². The van der Waals surface area contributed by atoms with Gasteiger partial charge in [0.05, 0.1) is 6.42 Å². The molecule has 0 aliphatic heterocycles. The fourth-order valence-electron chi connectivity index (χ4n) is 3.67. The second-order valence-corrected chi connectivity index (χ2v) is 11.8. The number of hydrogen-bond donors (Lipinski definition) is 2. The molecule has 208 valence electrons. The molecular weight excluding hydrogens is 478 g/mol. The Morgan fingerprint density at radius 3 is 1.84 bits per heavy atom. The Bertz CT molecular complexity index is 963.